The van der Waals surface area contributed by atoms with Crippen molar-refractivity contribution in [2.24, 2.45) is 5.73 Å². The SMILES string of the molecule is CC(CNC(=O)CCN)c1ccccc1.Cl. The number of rotatable bonds is 5. The molecule has 0 aliphatic rings. The molecular formula is C12H19ClN2O. The molecule has 0 fully saturated rings. The van der Waals surface area contributed by atoms with E-state index in [4.69, 9.17) is 5.73 Å². The molecule has 1 rings (SSSR count). The average molecular weight is 243 g/mol. The van der Waals surface area contributed by atoms with E-state index in [0.717, 1.165) is 0 Å². The first kappa shape index (κ1) is 14.9. The number of carbonyl (C=O) groups is 1. The van der Waals surface area contributed by atoms with Gasteiger partial charge in [-0.2, -0.15) is 0 Å². The van der Waals surface area contributed by atoms with Crippen molar-refractivity contribution in [2.75, 3.05) is 13.1 Å². The van der Waals surface area contributed by atoms with E-state index in [1.54, 1.807) is 0 Å². The van der Waals surface area contributed by atoms with Gasteiger partial charge in [-0.05, 0) is 11.5 Å². The summed E-state index contributed by atoms with van der Waals surface area (Å²) in [7, 11) is 0. The summed E-state index contributed by atoms with van der Waals surface area (Å²) >= 11 is 0. The zero-order valence-corrected chi connectivity index (χ0v) is 10.3. The van der Waals surface area contributed by atoms with Gasteiger partial charge < -0.3 is 11.1 Å². The van der Waals surface area contributed by atoms with Crippen molar-refractivity contribution in [3.63, 3.8) is 0 Å². The maximum Gasteiger partial charge on any atom is 0.221 e. The van der Waals surface area contributed by atoms with Crippen LogP contribution < -0.4 is 11.1 Å². The Morgan fingerprint density at radius 2 is 2.00 bits per heavy atom. The zero-order chi connectivity index (χ0) is 11.1. The smallest absolute Gasteiger partial charge is 0.221 e. The molecule has 1 atom stereocenters. The molecule has 0 aliphatic heterocycles. The van der Waals surface area contributed by atoms with Crippen LogP contribution in [0.3, 0.4) is 0 Å². The van der Waals surface area contributed by atoms with Crippen molar-refractivity contribution >= 4 is 18.3 Å². The maximum absolute atomic E-state index is 11.2. The van der Waals surface area contributed by atoms with Crippen LogP contribution in [-0.4, -0.2) is 19.0 Å². The fourth-order valence-electron chi connectivity index (χ4n) is 1.39. The summed E-state index contributed by atoms with van der Waals surface area (Å²) in [6, 6.07) is 10.1. The van der Waals surface area contributed by atoms with Crippen LogP contribution in [0.1, 0.15) is 24.8 Å². The Morgan fingerprint density at radius 3 is 2.56 bits per heavy atom. The van der Waals surface area contributed by atoms with Gasteiger partial charge in [0.1, 0.15) is 0 Å². The van der Waals surface area contributed by atoms with Gasteiger partial charge in [0.25, 0.3) is 0 Å². The molecule has 0 spiro atoms. The zero-order valence-electron chi connectivity index (χ0n) is 9.48. The fourth-order valence-corrected chi connectivity index (χ4v) is 1.39. The molecule has 3 nitrogen and oxygen atoms in total. The van der Waals surface area contributed by atoms with Crippen molar-refractivity contribution in [3.05, 3.63) is 35.9 Å². The van der Waals surface area contributed by atoms with Gasteiger partial charge >= 0.3 is 0 Å². The second-order valence-electron chi connectivity index (χ2n) is 3.65. The third-order valence-electron chi connectivity index (χ3n) is 2.35. The summed E-state index contributed by atoms with van der Waals surface area (Å²) in [4.78, 5) is 11.2. The monoisotopic (exact) mass is 242 g/mol. The van der Waals surface area contributed by atoms with E-state index in [0.29, 0.717) is 25.4 Å². The van der Waals surface area contributed by atoms with Crippen molar-refractivity contribution in [1.29, 1.82) is 0 Å². The Morgan fingerprint density at radius 1 is 1.38 bits per heavy atom. The lowest BCUT2D eigenvalue weighted by atomic mass is 10.0. The number of carbonyl (C=O) groups excluding carboxylic acids is 1. The summed E-state index contributed by atoms with van der Waals surface area (Å²) in [5.41, 5.74) is 6.53. The molecule has 0 saturated carbocycles. The van der Waals surface area contributed by atoms with Crippen LogP contribution >= 0.6 is 12.4 Å². The molecule has 0 heterocycles. The molecule has 1 amide bonds. The Hall–Kier alpha value is -1.06. The Balaban J connectivity index is 0.00000225. The van der Waals surface area contributed by atoms with Crippen LogP contribution in [0, 0.1) is 0 Å². The standard InChI is InChI=1S/C12H18N2O.ClH/c1-10(9-14-12(15)7-8-13)11-5-3-2-4-6-11;/h2-6,10H,7-9,13H2,1H3,(H,14,15);1H. The highest BCUT2D eigenvalue weighted by Gasteiger charge is 2.06. The van der Waals surface area contributed by atoms with Crippen LogP contribution in [-0.2, 0) is 4.79 Å². The average Bonchev–Trinajstić information content (AvgIpc) is 2.27. The number of hydrogen-bond donors (Lipinski definition) is 2. The van der Waals surface area contributed by atoms with E-state index in [1.165, 1.54) is 5.56 Å². The molecule has 0 aromatic heterocycles. The largest absolute Gasteiger partial charge is 0.355 e. The minimum absolute atomic E-state index is 0. The minimum atomic E-state index is 0. The van der Waals surface area contributed by atoms with Gasteiger partial charge in [0.05, 0.1) is 0 Å². The molecule has 16 heavy (non-hydrogen) atoms. The fraction of sp³-hybridized carbons (Fsp3) is 0.417. The summed E-state index contributed by atoms with van der Waals surface area (Å²) in [6.07, 6.45) is 0.404. The van der Waals surface area contributed by atoms with Crippen LogP contribution in [0.2, 0.25) is 0 Å². The van der Waals surface area contributed by atoms with Gasteiger partial charge in [-0.15, -0.1) is 12.4 Å². The lowest BCUT2D eigenvalue weighted by molar-refractivity contribution is -0.120. The molecular weight excluding hydrogens is 224 g/mol. The lowest BCUT2D eigenvalue weighted by Crippen LogP contribution is -2.29. The van der Waals surface area contributed by atoms with Gasteiger partial charge in [-0.25, -0.2) is 0 Å². The molecule has 0 aliphatic carbocycles. The third-order valence-corrected chi connectivity index (χ3v) is 2.35. The third kappa shape index (κ3) is 5.14. The highest BCUT2D eigenvalue weighted by atomic mass is 35.5. The van der Waals surface area contributed by atoms with Gasteiger partial charge in [-0.1, -0.05) is 37.3 Å². The van der Waals surface area contributed by atoms with Crippen LogP contribution in [0.4, 0.5) is 0 Å². The van der Waals surface area contributed by atoms with Crippen LogP contribution in [0.5, 0.6) is 0 Å². The van der Waals surface area contributed by atoms with Gasteiger partial charge in [0.15, 0.2) is 0 Å². The second kappa shape index (κ2) is 8.13. The number of nitrogens with two attached hydrogens (primary N) is 1. The minimum Gasteiger partial charge on any atom is -0.355 e. The van der Waals surface area contributed by atoms with Crippen LogP contribution in [0.25, 0.3) is 0 Å². The van der Waals surface area contributed by atoms with E-state index in [2.05, 4.69) is 24.4 Å². The number of nitrogens with one attached hydrogen (secondary N) is 1. The molecule has 0 radical (unpaired) electrons. The highest BCUT2D eigenvalue weighted by molar-refractivity contribution is 5.85. The van der Waals surface area contributed by atoms with Crippen molar-refractivity contribution < 1.29 is 4.79 Å². The van der Waals surface area contributed by atoms with E-state index in [1.807, 2.05) is 18.2 Å². The Bertz CT molecular complexity index is 303. The first-order chi connectivity index (χ1) is 7.24. The highest BCUT2D eigenvalue weighted by Crippen LogP contribution is 2.12. The molecule has 3 N–H and O–H groups in total. The molecule has 1 unspecified atom stereocenters. The van der Waals surface area contributed by atoms with E-state index in [9.17, 15) is 4.79 Å². The number of halogens is 1. The molecule has 1 aromatic carbocycles. The van der Waals surface area contributed by atoms with E-state index < -0.39 is 0 Å². The van der Waals surface area contributed by atoms with Gasteiger partial charge in [0.2, 0.25) is 5.91 Å². The number of amides is 1. The molecule has 0 bridgehead atoms. The number of hydrogen-bond acceptors (Lipinski definition) is 2. The molecule has 90 valence electrons. The summed E-state index contributed by atoms with van der Waals surface area (Å²) in [5, 5.41) is 2.86. The topological polar surface area (TPSA) is 55.1 Å². The van der Waals surface area contributed by atoms with Crippen molar-refractivity contribution in [2.45, 2.75) is 19.3 Å². The molecule has 4 heteroatoms. The van der Waals surface area contributed by atoms with Crippen molar-refractivity contribution in [1.82, 2.24) is 5.32 Å². The van der Waals surface area contributed by atoms with Gasteiger partial charge in [-0.3, -0.25) is 4.79 Å². The Kier molecular flexibility index (Phi) is 7.60. The first-order valence-corrected chi connectivity index (χ1v) is 5.25. The predicted octanol–water partition coefficient (Wildman–Crippen LogP) is 1.68. The number of benzene rings is 1. The summed E-state index contributed by atoms with van der Waals surface area (Å²) in [6.45, 7) is 3.17. The van der Waals surface area contributed by atoms with Crippen LogP contribution in [0.15, 0.2) is 30.3 Å². The Labute approximate surface area is 103 Å². The van der Waals surface area contributed by atoms with Crippen molar-refractivity contribution in [3.8, 4) is 0 Å². The second-order valence-corrected chi connectivity index (χ2v) is 3.65. The summed E-state index contributed by atoms with van der Waals surface area (Å²) < 4.78 is 0. The maximum atomic E-state index is 11.2. The van der Waals surface area contributed by atoms with E-state index >= 15 is 0 Å². The molecule has 0 saturated heterocycles. The van der Waals surface area contributed by atoms with Gasteiger partial charge in [0, 0.05) is 19.5 Å². The lowest BCUT2D eigenvalue weighted by Gasteiger charge is -2.12. The normalized spacial score (nSPS) is 11.4. The quantitative estimate of drug-likeness (QED) is 0.826. The summed E-state index contributed by atoms with van der Waals surface area (Å²) in [5.74, 6) is 0.369. The van der Waals surface area contributed by atoms with E-state index in [-0.39, 0.29) is 18.3 Å². The molecule has 1 aromatic rings. The predicted molar refractivity (Wildman–Crippen MR) is 68.8 cm³/mol. The first-order valence-electron chi connectivity index (χ1n) is 5.25.